The molecule has 2 unspecified atom stereocenters. The van der Waals surface area contributed by atoms with E-state index in [4.69, 9.17) is 0 Å². The van der Waals surface area contributed by atoms with Gasteiger partial charge in [0.15, 0.2) is 0 Å². The number of benzene rings is 1. The molecule has 0 spiro atoms. The number of nitrogens with zero attached hydrogens (tertiary/aromatic N) is 1. The van der Waals surface area contributed by atoms with Gasteiger partial charge in [-0.05, 0) is 19.4 Å². The van der Waals surface area contributed by atoms with Gasteiger partial charge in [-0.25, -0.2) is 0 Å². The third-order valence-electron chi connectivity index (χ3n) is 2.61. The van der Waals surface area contributed by atoms with E-state index in [1.165, 1.54) is 6.07 Å². The van der Waals surface area contributed by atoms with Crippen molar-refractivity contribution in [1.29, 1.82) is 0 Å². The molecule has 4 nitrogen and oxygen atoms in total. The van der Waals surface area contributed by atoms with Gasteiger partial charge in [0.25, 0.3) is 5.69 Å². The van der Waals surface area contributed by atoms with Crippen LogP contribution in [-0.2, 0) is 0 Å². The Labute approximate surface area is 103 Å². The highest BCUT2D eigenvalue weighted by Crippen LogP contribution is 2.33. The summed E-state index contributed by atoms with van der Waals surface area (Å²) in [7, 11) is 0. The van der Waals surface area contributed by atoms with Crippen LogP contribution in [-0.4, -0.2) is 16.1 Å². The van der Waals surface area contributed by atoms with Crippen molar-refractivity contribution in [2.75, 3.05) is 0 Å². The normalized spacial score (nSPS) is 14.5. The topological polar surface area (TPSA) is 63.4 Å². The Bertz CT molecular complexity index is 393. The van der Waals surface area contributed by atoms with Crippen molar-refractivity contribution in [3.8, 4) is 0 Å². The third kappa shape index (κ3) is 2.80. The summed E-state index contributed by atoms with van der Waals surface area (Å²) in [5.41, 5.74) is 0.646. The van der Waals surface area contributed by atoms with Crippen LogP contribution < -0.4 is 0 Å². The quantitative estimate of drug-likeness (QED) is 0.683. The highest BCUT2D eigenvalue weighted by Gasteiger charge is 2.24. The van der Waals surface area contributed by atoms with Gasteiger partial charge in [-0.2, -0.15) is 0 Å². The molecule has 0 aliphatic heterocycles. The van der Waals surface area contributed by atoms with Crippen LogP contribution >= 0.6 is 15.9 Å². The molecular weight excluding hydrogens is 274 g/mol. The zero-order valence-corrected chi connectivity index (χ0v) is 10.8. The average Bonchev–Trinajstić information content (AvgIpc) is 2.20. The molecule has 0 amide bonds. The van der Waals surface area contributed by atoms with E-state index in [1.807, 2.05) is 6.92 Å². The van der Waals surface area contributed by atoms with Gasteiger partial charge in [0.1, 0.15) is 0 Å². The van der Waals surface area contributed by atoms with Crippen molar-refractivity contribution in [3.05, 3.63) is 38.3 Å². The fourth-order valence-corrected chi connectivity index (χ4v) is 2.16. The number of aliphatic hydroxyl groups is 1. The summed E-state index contributed by atoms with van der Waals surface area (Å²) in [6.45, 7) is 3.56. The van der Waals surface area contributed by atoms with Crippen molar-refractivity contribution in [3.63, 3.8) is 0 Å². The average molecular weight is 288 g/mol. The van der Waals surface area contributed by atoms with Crippen molar-refractivity contribution < 1.29 is 10.0 Å². The van der Waals surface area contributed by atoms with E-state index < -0.39 is 11.0 Å². The molecule has 1 aromatic rings. The fourth-order valence-electron chi connectivity index (χ4n) is 1.81. The van der Waals surface area contributed by atoms with E-state index in [0.717, 1.165) is 0 Å². The monoisotopic (exact) mass is 287 g/mol. The van der Waals surface area contributed by atoms with Gasteiger partial charge in [-0.3, -0.25) is 10.1 Å². The molecule has 5 heteroatoms. The molecule has 1 aromatic carbocycles. The number of rotatable bonds is 4. The second kappa shape index (κ2) is 5.41. The van der Waals surface area contributed by atoms with E-state index in [1.54, 1.807) is 19.1 Å². The summed E-state index contributed by atoms with van der Waals surface area (Å²) in [6, 6.07) is 4.93. The minimum atomic E-state index is -0.593. The number of nitro groups is 1. The molecule has 0 aliphatic rings. The third-order valence-corrected chi connectivity index (χ3v) is 3.10. The van der Waals surface area contributed by atoms with Crippen molar-refractivity contribution in [2.45, 2.75) is 32.3 Å². The van der Waals surface area contributed by atoms with Gasteiger partial charge in [-0.15, -0.1) is 0 Å². The molecule has 0 aliphatic carbocycles. The van der Waals surface area contributed by atoms with Crippen LogP contribution in [0, 0.1) is 10.1 Å². The van der Waals surface area contributed by atoms with Crippen LogP contribution in [0.15, 0.2) is 22.7 Å². The molecule has 88 valence electrons. The van der Waals surface area contributed by atoms with Crippen LogP contribution in [0.3, 0.4) is 0 Å². The summed E-state index contributed by atoms with van der Waals surface area (Å²) < 4.78 is 0.670. The second-order valence-corrected chi connectivity index (χ2v) is 4.63. The first-order valence-electron chi connectivity index (χ1n) is 5.09. The van der Waals surface area contributed by atoms with Crippen LogP contribution in [0.5, 0.6) is 0 Å². The smallest absolute Gasteiger partial charge is 0.274 e. The first-order valence-corrected chi connectivity index (χ1v) is 5.88. The van der Waals surface area contributed by atoms with E-state index in [-0.39, 0.29) is 11.6 Å². The molecule has 1 N–H and O–H groups in total. The standard InChI is InChI=1S/C11H14BrNO3/c1-3-9(7(2)14)10-5-4-8(12)6-11(10)13(15)16/h4-7,9,14H,3H2,1-2H3. The van der Waals surface area contributed by atoms with Gasteiger partial charge in [0.2, 0.25) is 0 Å². The van der Waals surface area contributed by atoms with Crippen molar-refractivity contribution in [1.82, 2.24) is 0 Å². The molecule has 0 fully saturated rings. The molecular formula is C11H14BrNO3. The van der Waals surface area contributed by atoms with Gasteiger partial charge in [0, 0.05) is 22.0 Å². The van der Waals surface area contributed by atoms with Crippen LogP contribution in [0.2, 0.25) is 0 Å². The van der Waals surface area contributed by atoms with Crippen LogP contribution in [0.4, 0.5) is 5.69 Å². The summed E-state index contributed by atoms with van der Waals surface area (Å²) >= 11 is 3.21. The van der Waals surface area contributed by atoms with Gasteiger partial charge >= 0.3 is 0 Å². The zero-order valence-electron chi connectivity index (χ0n) is 9.18. The molecule has 0 saturated heterocycles. The first kappa shape index (κ1) is 13.1. The van der Waals surface area contributed by atoms with Gasteiger partial charge < -0.3 is 5.11 Å². The minimum Gasteiger partial charge on any atom is -0.393 e. The molecule has 0 aromatic heterocycles. The highest BCUT2D eigenvalue weighted by molar-refractivity contribution is 9.10. The Kier molecular flexibility index (Phi) is 4.44. The lowest BCUT2D eigenvalue weighted by Crippen LogP contribution is -2.15. The lowest BCUT2D eigenvalue weighted by Gasteiger charge is -2.18. The number of nitro benzene ring substituents is 1. The summed E-state index contributed by atoms with van der Waals surface area (Å²) in [6.07, 6.45) is 0.0741. The van der Waals surface area contributed by atoms with Crippen molar-refractivity contribution >= 4 is 21.6 Å². The molecule has 2 atom stereocenters. The maximum Gasteiger partial charge on any atom is 0.274 e. The molecule has 16 heavy (non-hydrogen) atoms. The molecule has 0 saturated carbocycles. The van der Waals surface area contributed by atoms with E-state index in [0.29, 0.717) is 16.5 Å². The summed E-state index contributed by atoms with van der Waals surface area (Å²) in [5, 5.41) is 20.5. The molecule has 1 rings (SSSR count). The largest absolute Gasteiger partial charge is 0.393 e. The van der Waals surface area contributed by atoms with E-state index in [9.17, 15) is 15.2 Å². The van der Waals surface area contributed by atoms with Gasteiger partial charge in [-0.1, -0.05) is 28.9 Å². The second-order valence-electron chi connectivity index (χ2n) is 3.72. The number of hydrogen-bond donors (Lipinski definition) is 1. The Morgan fingerprint density at radius 1 is 1.56 bits per heavy atom. The Balaban J connectivity index is 3.26. The maximum absolute atomic E-state index is 10.9. The van der Waals surface area contributed by atoms with Crippen molar-refractivity contribution in [2.24, 2.45) is 0 Å². The highest BCUT2D eigenvalue weighted by atomic mass is 79.9. The summed E-state index contributed by atoms with van der Waals surface area (Å²) in [5.74, 6) is -0.200. The Morgan fingerprint density at radius 2 is 2.19 bits per heavy atom. The number of halogens is 1. The molecule has 0 radical (unpaired) electrons. The lowest BCUT2D eigenvalue weighted by molar-refractivity contribution is -0.385. The van der Waals surface area contributed by atoms with E-state index in [2.05, 4.69) is 15.9 Å². The SMILES string of the molecule is CCC(c1ccc(Br)cc1[N+](=O)[O-])C(C)O. The minimum absolute atomic E-state index is 0.0575. The van der Waals surface area contributed by atoms with E-state index >= 15 is 0 Å². The number of hydrogen-bond acceptors (Lipinski definition) is 3. The molecule has 0 bridgehead atoms. The lowest BCUT2D eigenvalue weighted by atomic mass is 9.90. The summed E-state index contributed by atoms with van der Waals surface area (Å²) in [4.78, 5) is 10.5. The predicted molar refractivity (Wildman–Crippen MR) is 65.5 cm³/mol. The Morgan fingerprint density at radius 3 is 2.62 bits per heavy atom. The van der Waals surface area contributed by atoms with Crippen LogP contribution in [0.25, 0.3) is 0 Å². The van der Waals surface area contributed by atoms with Crippen LogP contribution in [0.1, 0.15) is 31.7 Å². The maximum atomic E-state index is 10.9. The Hall–Kier alpha value is -0.940. The first-order chi connectivity index (χ1) is 7.47. The zero-order chi connectivity index (χ0) is 12.3. The fraction of sp³-hybridized carbons (Fsp3) is 0.455. The molecule has 0 heterocycles. The predicted octanol–water partition coefficient (Wildman–Crippen LogP) is 3.23. The van der Waals surface area contributed by atoms with Gasteiger partial charge in [0.05, 0.1) is 11.0 Å². The number of aliphatic hydroxyl groups excluding tert-OH is 1.